The third-order valence-corrected chi connectivity index (χ3v) is 7.54. The van der Waals surface area contributed by atoms with Crippen LogP contribution < -0.4 is 0 Å². The largest absolute Gasteiger partial charge is 0.343 e. The molecule has 1 fully saturated rings. The molecular formula is C31H43ClN2O2. The SMILES string of the molecule is CCCN(CCc1cc(C(=O)CCC(=O)N2CCC(c3ccc(Cl)cc3)CC2)ccc1C)CC(C)C. The number of benzene rings is 2. The lowest BCUT2D eigenvalue weighted by atomic mass is 9.89. The standard InChI is InChI=1S/C31H43ClN2O2/c1-5-17-33(22-23(2)3)18-14-27-21-28(7-6-24(27)4)30(35)12-13-31(36)34-19-15-26(16-20-34)25-8-10-29(32)11-9-25/h6-11,21,23,26H,5,12-20,22H2,1-4H3. The maximum Gasteiger partial charge on any atom is 0.223 e. The normalized spacial score (nSPS) is 14.6. The van der Waals surface area contributed by atoms with Gasteiger partial charge in [-0.15, -0.1) is 0 Å². The first-order valence-corrected chi connectivity index (χ1v) is 14.0. The molecule has 0 bridgehead atoms. The van der Waals surface area contributed by atoms with Crippen molar-refractivity contribution in [3.05, 3.63) is 69.7 Å². The maximum absolute atomic E-state index is 13.0. The van der Waals surface area contributed by atoms with Gasteiger partial charge < -0.3 is 9.80 Å². The highest BCUT2D eigenvalue weighted by Crippen LogP contribution is 2.29. The Labute approximate surface area is 223 Å². The summed E-state index contributed by atoms with van der Waals surface area (Å²) < 4.78 is 0. The van der Waals surface area contributed by atoms with Crippen molar-refractivity contribution >= 4 is 23.3 Å². The average molecular weight is 511 g/mol. The van der Waals surface area contributed by atoms with Crippen LogP contribution in [0.1, 0.15) is 85.8 Å². The molecule has 1 amide bonds. The van der Waals surface area contributed by atoms with E-state index >= 15 is 0 Å². The van der Waals surface area contributed by atoms with Crippen LogP contribution in [0.5, 0.6) is 0 Å². The van der Waals surface area contributed by atoms with E-state index in [-0.39, 0.29) is 24.5 Å². The minimum absolute atomic E-state index is 0.0632. The zero-order chi connectivity index (χ0) is 26.1. The van der Waals surface area contributed by atoms with E-state index in [2.05, 4.69) is 56.9 Å². The predicted octanol–water partition coefficient (Wildman–Crippen LogP) is 6.93. The Morgan fingerprint density at radius 2 is 1.72 bits per heavy atom. The zero-order valence-electron chi connectivity index (χ0n) is 22.6. The molecule has 1 aliphatic rings. The van der Waals surface area contributed by atoms with Gasteiger partial charge in [-0.1, -0.05) is 56.6 Å². The van der Waals surface area contributed by atoms with E-state index in [1.165, 1.54) is 16.7 Å². The summed E-state index contributed by atoms with van der Waals surface area (Å²) in [6, 6.07) is 14.1. The number of carbonyl (C=O) groups is 2. The second-order valence-electron chi connectivity index (χ2n) is 10.7. The number of amides is 1. The molecule has 36 heavy (non-hydrogen) atoms. The number of hydrogen-bond acceptors (Lipinski definition) is 3. The van der Waals surface area contributed by atoms with Gasteiger partial charge in [0, 0.05) is 49.6 Å². The third-order valence-electron chi connectivity index (χ3n) is 7.29. The number of rotatable bonds is 12. The zero-order valence-corrected chi connectivity index (χ0v) is 23.3. The molecule has 1 saturated heterocycles. The molecule has 5 heteroatoms. The summed E-state index contributed by atoms with van der Waals surface area (Å²) in [6.45, 7) is 13.6. The molecule has 4 nitrogen and oxygen atoms in total. The van der Waals surface area contributed by atoms with Gasteiger partial charge in [0.1, 0.15) is 0 Å². The molecule has 0 spiro atoms. The number of nitrogens with zero attached hydrogens (tertiary/aromatic N) is 2. The quantitative estimate of drug-likeness (QED) is 0.291. The van der Waals surface area contributed by atoms with E-state index in [1.807, 2.05) is 23.1 Å². The minimum atomic E-state index is 0.0632. The van der Waals surface area contributed by atoms with Crippen molar-refractivity contribution < 1.29 is 9.59 Å². The molecule has 0 aromatic heterocycles. The Kier molecular flexibility index (Phi) is 11.0. The molecule has 2 aromatic carbocycles. The number of piperidine rings is 1. The van der Waals surface area contributed by atoms with Gasteiger partial charge in [0.05, 0.1) is 0 Å². The Morgan fingerprint density at radius 1 is 1.03 bits per heavy atom. The molecule has 3 rings (SSSR count). The van der Waals surface area contributed by atoms with E-state index < -0.39 is 0 Å². The van der Waals surface area contributed by atoms with Crippen molar-refractivity contribution in [2.75, 3.05) is 32.7 Å². The van der Waals surface area contributed by atoms with E-state index in [0.29, 0.717) is 11.8 Å². The molecule has 0 atom stereocenters. The van der Waals surface area contributed by atoms with Crippen molar-refractivity contribution in [1.82, 2.24) is 9.80 Å². The number of ketones is 1. The molecular weight excluding hydrogens is 468 g/mol. The van der Waals surface area contributed by atoms with Crippen molar-refractivity contribution in [2.24, 2.45) is 5.92 Å². The van der Waals surface area contributed by atoms with Crippen molar-refractivity contribution in [3.63, 3.8) is 0 Å². The molecule has 1 aliphatic heterocycles. The number of likely N-dealkylation sites (tertiary alicyclic amines) is 1. The van der Waals surface area contributed by atoms with Crippen molar-refractivity contribution in [3.8, 4) is 0 Å². The van der Waals surface area contributed by atoms with Crippen LogP contribution in [0.25, 0.3) is 0 Å². The summed E-state index contributed by atoms with van der Waals surface area (Å²) in [5, 5.41) is 0.751. The number of carbonyl (C=O) groups excluding carboxylic acids is 2. The second kappa shape index (κ2) is 13.9. The van der Waals surface area contributed by atoms with Gasteiger partial charge in [0.25, 0.3) is 0 Å². The van der Waals surface area contributed by atoms with Gasteiger partial charge in [-0.2, -0.15) is 0 Å². The summed E-state index contributed by atoms with van der Waals surface area (Å²) in [6.07, 6.45) is 4.56. The Morgan fingerprint density at radius 3 is 2.36 bits per heavy atom. The topological polar surface area (TPSA) is 40.6 Å². The molecule has 2 aromatic rings. The second-order valence-corrected chi connectivity index (χ2v) is 11.2. The van der Waals surface area contributed by atoms with Crippen molar-refractivity contribution in [1.29, 1.82) is 0 Å². The van der Waals surface area contributed by atoms with E-state index in [1.54, 1.807) is 0 Å². The minimum Gasteiger partial charge on any atom is -0.343 e. The maximum atomic E-state index is 13.0. The predicted molar refractivity (Wildman–Crippen MR) is 150 cm³/mol. The highest BCUT2D eigenvalue weighted by atomic mass is 35.5. The summed E-state index contributed by atoms with van der Waals surface area (Å²) >= 11 is 6.01. The first kappa shape index (κ1) is 28.4. The Hall–Kier alpha value is -2.17. The van der Waals surface area contributed by atoms with Gasteiger partial charge >= 0.3 is 0 Å². The van der Waals surface area contributed by atoms with Gasteiger partial charge in [-0.3, -0.25) is 9.59 Å². The van der Waals surface area contributed by atoms with Gasteiger partial charge in [-0.25, -0.2) is 0 Å². The van der Waals surface area contributed by atoms with Gasteiger partial charge in [0.2, 0.25) is 5.91 Å². The number of Topliss-reactive ketones (excluding diaryl/α,β-unsaturated/α-hetero) is 1. The molecule has 0 aliphatic carbocycles. The first-order chi connectivity index (χ1) is 17.3. The summed E-state index contributed by atoms with van der Waals surface area (Å²) in [7, 11) is 0. The first-order valence-electron chi connectivity index (χ1n) is 13.6. The van der Waals surface area contributed by atoms with Crippen LogP contribution >= 0.6 is 11.6 Å². The van der Waals surface area contributed by atoms with E-state index in [0.717, 1.165) is 69.0 Å². The lowest BCUT2D eigenvalue weighted by Gasteiger charge is -2.32. The highest BCUT2D eigenvalue weighted by Gasteiger charge is 2.24. The monoisotopic (exact) mass is 510 g/mol. The van der Waals surface area contributed by atoms with Crippen LogP contribution in [0, 0.1) is 12.8 Å². The fraction of sp³-hybridized carbons (Fsp3) is 0.548. The smallest absolute Gasteiger partial charge is 0.223 e. The summed E-state index contributed by atoms with van der Waals surface area (Å²) in [4.78, 5) is 30.2. The summed E-state index contributed by atoms with van der Waals surface area (Å²) in [5.41, 5.74) is 4.49. The molecule has 196 valence electrons. The van der Waals surface area contributed by atoms with Crippen LogP contribution in [0.15, 0.2) is 42.5 Å². The lowest BCUT2D eigenvalue weighted by molar-refractivity contribution is -0.132. The Balaban J connectivity index is 1.49. The molecule has 0 radical (unpaired) electrons. The fourth-order valence-corrected chi connectivity index (χ4v) is 5.37. The van der Waals surface area contributed by atoms with Crippen LogP contribution in [0.3, 0.4) is 0 Å². The number of aryl methyl sites for hydroxylation is 1. The lowest BCUT2D eigenvalue weighted by Crippen LogP contribution is -2.38. The molecule has 0 saturated carbocycles. The molecule has 0 N–H and O–H groups in total. The van der Waals surface area contributed by atoms with Crippen LogP contribution in [-0.2, 0) is 11.2 Å². The fourth-order valence-electron chi connectivity index (χ4n) is 5.24. The van der Waals surface area contributed by atoms with E-state index in [4.69, 9.17) is 11.6 Å². The third kappa shape index (κ3) is 8.45. The summed E-state index contributed by atoms with van der Waals surface area (Å²) in [5.74, 6) is 1.27. The number of hydrogen-bond donors (Lipinski definition) is 0. The molecule has 0 unspecified atom stereocenters. The van der Waals surface area contributed by atoms with Crippen molar-refractivity contribution in [2.45, 2.75) is 72.1 Å². The average Bonchev–Trinajstić information content (AvgIpc) is 2.87. The van der Waals surface area contributed by atoms with Crippen LogP contribution in [-0.4, -0.2) is 54.2 Å². The van der Waals surface area contributed by atoms with Crippen LogP contribution in [0.2, 0.25) is 5.02 Å². The molecule has 1 heterocycles. The van der Waals surface area contributed by atoms with Gasteiger partial charge in [-0.05, 0) is 85.9 Å². The van der Waals surface area contributed by atoms with Gasteiger partial charge in [0.15, 0.2) is 5.78 Å². The van der Waals surface area contributed by atoms with Crippen LogP contribution in [0.4, 0.5) is 0 Å². The van der Waals surface area contributed by atoms with E-state index in [9.17, 15) is 9.59 Å². The Bertz CT molecular complexity index is 994. The number of halogens is 1. The highest BCUT2D eigenvalue weighted by molar-refractivity contribution is 6.30.